The highest BCUT2D eigenvalue weighted by Gasteiger charge is 2.18. The number of halogens is 2. The molecule has 1 saturated heterocycles. The van der Waals surface area contributed by atoms with Gasteiger partial charge in [0.25, 0.3) is 5.91 Å². The van der Waals surface area contributed by atoms with E-state index in [0.29, 0.717) is 35.4 Å². The lowest BCUT2D eigenvalue weighted by Gasteiger charge is -2.22. The third-order valence-corrected chi connectivity index (χ3v) is 6.88. The number of piperidine rings is 1. The lowest BCUT2D eigenvalue weighted by molar-refractivity contribution is 0.0996. The van der Waals surface area contributed by atoms with Gasteiger partial charge in [-0.1, -0.05) is 30.3 Å². The fourth-order valence-corrected chi connectivity index (χ4v) is 4.88. The SMILES string of the molecule is Cl.NC(=O)c1ccc(-c2ncc(OCC3CCNCC3)nc2-c2ccc(-c3ccsc3)cc2)cc1F. The summed E-state index contributed by atoms with van der Waals surface area (Å²) >= 11 is 1.65. The Balaban J connectivity index is 0.00000304. The second-order valence-electron chi connectivity index (χ2n) is 8.56. The second kappa shape index (κ2) is 11.6. The topological polar surface area (TPSA) is 90.1 Å². The largest absolute Gasteiger partial charge is 0.476 e. The summed E-state index contributed by atoms with van der Waals surface area (Å²) in [6.45, 7) is 2.56. The Hall–Kier alpha value is -3.33. The first kappa shape index (κ1) is 25.8. The summed E-state index contributed by atoms with van der Waals surface area (Å²) in [5, 5.41) is 7.49. The maximum atomic E-state index is 14.6. The fourth-order valence-electron chi connectivity index (χ4n) is 4.22. The Morgan fingerprint density at radius 1 is 1.03 bits per heavy atom. The number of thiophene rings is 1. The van der Waals surface area contributed by atoms with E-state index in [4.69, 9.17) is 15.5 Å². The van der Waals surface area contributed by atoms with Gasteiger partial charge in [-0.05, 0) is 71.9 Å². The van der Waals surface area contributed by atoms with E-state index in [0.717, 1.165) is 42.6 Å². The van der Waals surface area contributed by atoms with E-state index in [9.17, 15) is 9.18 Å². The number of amides is 1. The first-order chi connectivity index (χ1) is 17.1. The van der Waals surface area contributed by atoms with Crippen LogP contribution in [0, 0.1) is 11.7 Å². The average molecular weight is 525 g/mol. The van der Waals surface area contributed by atoms with Crippen molar-refractivity contribution in [3.05, 3.63) is 76.9 Å². The van der Waals surface area contributed by atoms with E-state index in [1.807, 2.05) is 29.6 Å². The van der Waals surface area contributed by atoms with Crippen LogP contribution in [-0.4, -0.2) is 35.6 Å². The number of carbonyl (C=O) groups is 1. The van der Waals surface area contributed by atoms with Gasteiger partial charge >= 0.3 is 0 Å². The van der Waals surface area contributed by atoms with Crippen LogP contribution < -0.4 is 15.8 Å². The highest BCUT2D eigenvalue weighted by molar-refractivity contribution is 7.08. The van der Waals surface area contributed by atoms with Crippen LogP contribution in [0.4, 0.5) is 4.39 Å². The average Bonchev–Trinajstić information content (AvgIpc) is 3.43. The molecule has 0 unspecified atom stereocenters. The number of hydrogen-bond donors (Lipinski definition) is 2. The van der Waals surface area contributed by atoms with Gasteiger partial charge in [0.1, 0.15) is 11.5 Å². The van der Waals surface area contributed by atoms with Crippen LogP contribution in [0.1, 0.15) is 23.2 Å². The molecule has 3 heterocycles. The van der Waals surface area contributed by atoms with E-state index < -0.39 is 11.7 Å². The predicted octanol–water partition coefficient (Wildman–Crippen LogP) is 5.58. The number of nitrogens with two attached hydrogens (primary N) is 1. The number of carbonyl (C=O) groups excluding carboxylic acids is 1. The molecule has 0 radical (unpaired) electrons. The van der Waals surface area contributed by atoms with Gasteiger partial charge in [-0.3, -0.25) is 4.79 Å². The molecule has 0 atom stereocenters. The maximum Gasteiger partial charge on any atom is 0.251 e. The molecule has 2 aromatic carbocycles. The molecule has 0 spiro atoms. The van der Waals surface area contributed by atoms with Crippen molar-refractivity contribution in [2.24, 2.45) is 11.7 Å². The maximum absolute atomic E-state index is 14.6. The number of nitrogens with one attached hydrogen (secondary N) is 1. The van der Waals surface area contributed by atoms with Crippen molar-refractivity contribution >= 4 is 29.7 Å². The van der Waals surface area contributed by atoms with Crippen LogP contribution >= 0.6 is 23.7 Å². The Morgan fingerprint density at radius 3 is 2.42 bits per heavy atom. The Morgan fingerprint density at radius 2 is 1.75 bits per heavy atom. The zero-order valence-corrected chi connectivity index (χ0v) is 21.1. The second-order valence-corrected chi connectivity index (χ2v) is 9.34. The van der Waals surface area contributed by atoms with E-state index in [2.05, 4.69) is 21.7 Å². The molecule has 4 aromatic rings. The minimum absolute atomic E-state index is 0. The molecule has 36 heavy (non-hydrogen) atoms. The number of aromatic nitrogens is 2. The van der Waals surface area contributed by atoms with Gasteiger partial charge in [0.2, 0.25) is 5.88 Å². The lowest BCUT2D eigenvalue weighted by atomic mass is 9.99. The fraction of sp³-hybridized carbons (Fsp3) is 0.222. The van der Waals surface area contributed by atoms with Crippen LogP contribution in [0.15, 0.2) is 65.5 Å². The standard InChI is InChI=1S/C27H25FN4O2S.ClH/c28-23-13-20(5-6-22(23)27(29)33)25-26(19-3-1-18(2-4-19)21-9-12-35-16-21)32-24(14-31-25)34-15-17-7-10-30-11-8-17;/h1-6,9,12-14,16-17,30H,7-8,10-11,15H2,(H2,29,33);1H. The van der Waals surface area contributed by atoms with Gasteiger partial charge in [-0.25, -0.2) is 14.4 Å². The highest BCUT2D eigenvalue weighted by Crippen LogP contribution is 2.33. The van der Waals surface area contributed by atoms with E-state index in [-0.39, 0.29) is 18.0 Å². The number of ether oxygens (including phenoxy) is 1. The van der Waals surface area contributed by atoms with Crippen LogP contribution in [0.25, 0.3) is 33.6 Å². The molecule has 0 bridgehead atoms. The molecule has 0 saturated carbocycles. The number of nitrogens with zero attached hydrogens (tertiary/aromatic N) is 2. The van der Waals surface area contributed by atoms with Gasteiger partial charge in [-0.2, -0.15) is 11.3 Å². The van der Waals surface area contributed by atoms with Gasteiger partial charge in [0.05, 0.1) is 24.1 Å². The molecule has 6 nitrogen and oxygen atoms in total. The van der Waals surface area contributed by atoms with Crippen LogP contribution in [0.2, 0.25) is 0 Å². The summed E-state index contributed by atoms with van der Waals surface area (Å²) in [4.78, 5) is 20.8. The number of rotatable bonds is 7. The molecule has 1 amide bonds. The van der Waals surface area contributed by atoms with Gasteiger partial charge in [0, 0.05) is 11.1 Å². The third-order valence-electron chi connectivity index (χ3n) is 6.20. The van der Waals surface area contributed by atoms with Crippen LogP contribution in [0.3, 0.4) is 0 Å². The van der Waals surface area contributed by atoms with E-state index in [1.54, 1.807) is 23.6 Å². The Bertz CT molecular complexity index is 1330. The smallest absolute Gasteiger partial charge is 0.251 e. The Kier molecular flexibility index (Phi) is 8.30. The summed E-state index contributed by atoms with van der Waals surface area (Å²) in [5.41, 5.74) is 9.76. The molecule has 9 heteroatoms. The first-order valence-corrected chi connectivity index (χ1v) is 12.5. The van der Waals surface area contributed by atoms with Gasteiger partial charge in [0.15, 0.2) is 0 Å². The van der Waals surface area contributed by atoms with E-state index in [1.165, 1.54) is 12.1 Å². The number of primary amides is 1. The van der Waals surface area contributed by atoms with Crippen molar-refractivity contribution in [2.75, 3.05) is 19.7 Å². The minimum atomic E-state index is -0.814. The molecule has 1 fully saturated rings. The highest BCUT2D eigenvalue weighted by atomic mass is 35.5. The molecule has 0 aliphatic carbocycles. The van der Waals surface area contributed by atoms with Crippen LogP contribution in [0.5, 0.6) is 5.88 Å². The molecule has 3 N–H and O–H groups in total. The summed E-state index contributed by atoms with van der Waals surface area (Å²) in [6, 6.07) is 14.4. The van der Waals surface area contributed by atoms with Crippen LogP contribution in [-0.2, 0) is 0 Å². The molecule has 5 rings (SSSR count). The Labute approximate surface area is 219 Å². The van der Waals surface area contributed by atoms with E-state index >= 15 is 0 Å². The van der Waals surface area contributed by atoms with Crippen molar-refractivity contribution in [1.82, 2.24) is 15.3 Å². The lowest BCUT2D eigenvalue weighted by Crippen LogP contribution is -2.30. The quantitative estimate of drug-likeness (QED) is 0.329. The molecule has 2 aromatic heterocycles. The van der Waals surface area contributed by atoms with Gasteiger partial charge < -0.3 is 15.8 Å². The zero-order valence-electron chi connectivity index (χ0n) is 19.4. The predicted molar refractivity (Wildman–Crippen MR) is 143 cm³/mol. The van der Waals surface area contributed by atoms with Crippen molar-refractivity contribution in [3.8, 4) is 39.5 Å². The van der Waals surface area contributed by atoms with Crippen molar-refractivity contribution < 1.29 is 13.9 Å². The van der Waals surface area contributed by atoms with Gasteiger partial charge in [-0.15, -0.1) is 12.4 Å². The molecule has 186 valence electrons. The van der Waals surface area contributed by atoms with Crippen molar-refractivity contribution in [3.63, 3.8) is 0 Å². The number of benzene rings is 2. The molecular weight excluding hydrogens is 499 g/mol. The van der Waals surface area contributed by atoms with Crippen molar-refractivity contribution in [1.29, 1.82) is 0 Å². The summed E-state index contributed by atoms with van der Waals surface area (Å²) in [5.74, 6) is -0.604. The normalized spacial score (nSPS) is 13.7. The first-order valence-electron chi connectivity index (χ1n) is 11.5. The van der Waals surface area contributed by atoms with Crippen molar-refractivity contribution in [2.45, 2.75) is 12.8 Å². The zero-order chi connectivity index (χ0) is 24.2. The summed E-state index contributed by atoms with van der Waals surface area (Å²) < 4.78 is 20.6. The minimum Gasteiger partial charge on any atom is -0.476 e. The summed E-state index contributed by atoms with van der Waals surface area (Å²) in [6.07, 6.45) is 3.70. The summed E-state index contributed by atoms with van der Waals surface area (Å²) in [7, 11) is 0. The molecule has 1 aliphatic heterocycles. The monoisotopic (exact) mass is 524 g/mol. The number of hydrogen-bond acceptors (Lipinski definition) is 6. The molecular formula is C27H26ClFN4O2S. The molecule has 1 aliphatic rings. The third kappa shape index (κ3) is 5.73.